The van der Waals surface area contributed by atoms with Gasteiger partial charge in [0.05, 0.1) is 0 Å². The van der Waals surface area contributed by atoms with Crippen LogP contribution in [0.4, 0.5) is 0 Å². The van der Waals surface area contributed by atoms with Crippen LogP contribution in [0.25, 0.3) is 10.4 Å². The van der Waals surface area contributed by atoms with Crippen LogP contribution in [-0.4, -0.2) is 0 Å². The van der Waals surface area contributed by atoms with E-state index in [1.165, 1.54) is 10.4 Å². The summed E-state index contributed by atoms with van der Waals surface area (Å²) in [7, 11) is 0. The highest BCUT2D eigenvalue weighted by atomic mass is 32.1. The maximum absolute atomic E-state index is 3.05. The molecule has 0 atom stereocenters. The van der Waals surface area contributed by atoms with Gasteiger partial charge < -0.3 is 0 Å². The Morgan fingerprint density at radius 2 is 2.33 bits per heavy atom. The van der Waals surface area contributed by atoms with Crippen LogP contribution in [0.5, 0.6) is 0 Å². The van der Waals surface area contributed by atoms with Gasteiger partial charge in [-0.1, -0.05) is 12.1 Å². The van der Waals surface area contributed by atoms with Crippen LogP contribution in [-0.2, 0) is 0 Å². The third kappa shape index (κ3) is 0.736. The number of rotatable bonds is 0. The lowest BCUT2D eigenvalue weighted by Gasteiger charge is -1.91. The van der Waals surface area contributed by atoms with Gasteiger partial charge in [0.25, 0.3) is 0 Å². The summed E-state index contributed by atoms with van der Waals surface area (Å²) in [4.78, 5) is 1.32. The van der Waals surface area contributed by atoms with E-state index in [9.17, 15) is 0 Å². The molecule has 0 saturated carbocycles. The topological polar surface area (TPSA) is 0 Å². The Balaban J connectivity index is 2.79. The Labute approximate surface area is 58.1 Å². The molecule has 0 bridgehead atoms. The summed E-state index contributed by atoms with van der Waals surface area (Å²) in [5, 5.41) is 2.08. The van der Waals surface area contributed by atoms with E-state index >= 15 is 0 Å². The van der Waals surface area contributed by atoms with Crippen molar-refractivity contribution in [3.05, 3.63) is 35.7 Å². The lowest BCUT2D eigenvalue weighted by molar-refractivity contribution is 1.85. The van der Waals surface area contributed by atoms with Crippen molar-refractivity contribution in [1.82, 2.24) is 0 Å². The van der Waals surface area contributed by atoms with E-state index in [0.717, 1.165) is 0 Å². The lowest BCUT2D eigenvalue weighted by Crippen LogP contribution is -1.62. The molecule has 0 aromatic heterocycles. The molecule has 2 rings (SSSR count). The third-order valence-electron chi connectivity index (χ3n) is 1.29. The van der Waals surface area contributed by atoms with Crippen LogP contribution in [0.2, 0.25) is 0 Å². The minimum absolute atomic E-state index is 1.29. The average Bonchev–Trinajstić information content (AvgIpc) is 2.33. The van der Waals surface area contributed by atoms with Gasteiger partial charge in [-0.2, -0.15) is 0 Å². The van der Waals surface area contributed by atoms with E-state index in [-0.39, 0.29) is 0 Å². The molecule has 9 heavy (non-hydrogen) atoms. The molecule has 0 aromatic carbocycles. The number of hydrogen-bond acceptors (Lipinski definition) is 1. The molecule has 0 amide bonds. The van der Waals surface area contributed by atoms with Gasteiger partial charge in [-0.25, -0.2) is 0 Å². The second kappa shape index (κ2) is 1.85. The fourth-order valence-corrected chi connectivity index (χ4v) is 1.55. The molecule has 1 radical (unpaired) electrons. The van der Waals surface area contributed by atoms with E-state index in [1.54, 1.807) is 11.3 Å². The maximum atomic E-state index is 3.05. The van der Waals surface area contributed by atoms with Crippen LogP contribution in [0.15, 0.2) is 29.6 Å². The molecule has 1 heteroatoms. The number of fused-ring (bicyclic) bond motifs is 1. The molecular weight excluding hydrogens is 128 g/mol. The van der Waals surface area contributed by atoms with Gasteiger partial charge in [-0.3, -0.25) is 0 Å². The van der Waals surface area contributed by atoms with Crippen molar-refractivity contribution in [2.75, 3.05) is 0 Å². The fourth-order valence-electron chi connectivity index (χ4n) is 0.849. The van der Waals surface area contributed by atoms with Crippen molar-refractivity contribution in [1.29, 1.82) is 0 Å². The SMILES string of the molecule is [c]1cc2cccsc-2c1. The van der Waals surface area contributed by atoms with Crippen molar-refractivity contribution in [2.24, 2.45) is 0 Å². The maximum Gasteiger partial charge on any atom is 0.0348 e. The van der Waals surface area contributed by atoms with Gasteiger partial charge in [0, 0.05) is 4.88 Å². The van der Waals surface area contributed by atoms with Crippen molar-refractivity contribution >= 4 is 11.3 Å². The largest absolute Gasteiger partial charge is 0.144 e. The fraction of sp³-hybridized carbons (Fsp3) is 0. The first-order valence-corrected chi connectivity index (χ1v) is 3.68. The molecule has 0 saturated heterocycles. The Morgan fingerprint density at radius 3 is 3.22 bits per heavy atom. The third-order valence-corrected chi connectivity index (χ3v) is 2.19. The first-order valence-electron chi connectivity index (χ1n) is 2.80. The summed E-state index contributed by atoms with van der Waals surface area (Å²) in [6.07, 6.45) is 0. The minimum Gasteiger partial charge on any atom is -0.144 e. The van der Waals surface area contributed by atoms with E-state index in [0.29, 0.717) is 0 Å². The normalized spacial score (nSPS) is 10.2. The molecule has 0 fully saturated rings. The molecule has 0 spiro atoms. The smallest absolute Gasteiger partial charge is 0.0348 e. The molecular formula is C8H5S. The van der Waals surface area contributed by atoms with Gasteiger partial charge >= 0.3 is 0 Å². The Kier molecular flexibility index (Phi) is 1.03. The highest BCUT2D eigenvalue weighted by molar-refractivity contribution is 7.13. The zero-order valence-corrected chi connectivity index (χ0v) is 5.61. The van der Waals surface area contributed by atoms with Crippen molar-refractivity contribution < 1.29 is 0 Å². The molecule has 2 aliphatic rings. The molecule has 1 aliphatic heterocycles. The molecule has 1 aliphatic carbocycles. The Morgan fingerprint density at radius 1 is 1.33 bits per heavy atom. The van der Waals surface area contributed by atoms with Gasteiger partial charge in [0.15, 0.2) is 0 Å². The monoisotopic (exact) mass is 133 g/mol. The van der Waals surface area contributed by atoms with E-state index in [2.05, 4.69) is 23.6 Å². The van der Waals surface area contributed by atoms with Crippen LogP contribution in [0.1, 0.15) is 0 Å². The Bertz CT molecular complexity index is 245. The second-order valence-electron chi connectivity index (χ2n) is 1.89. The zero-order chi connectivity index (χ0) is 6.10. The van der Waals surface area contributed by atoms with Gasteiger partial charge in [0.1, 0.15) is 0 Å². The zero-order valence-electron chi connectivity index (χ0n) is 4.79. The van der Waals surface area contributed by atoms with Crippen LogP contribution in [0.3, 0.4) is 0 Å². The van der Waals surface area contributed by atoms with Crippen LogP contribution < -0.4 is 0 Å². The van der Waals surface area contributed by atoms with Crippen molar-refractivity contribution in [3.8, 4) is 10.4 Å². The Hall–Kier alpha value is -0.820. The predicted molar refractivity (Wildman–Crippen MR) is 39.8 cm³/mol. The van der Waals surface area contributed by atoms with Crippen molar-refractivity contribution in [2.45, 2.75) is 0 Å². The summed E-state index contributed by atoms with van der Waals surface area (Å²) < 4.78 is 0. The van der Waals surface area contributed by atoms with E-state index < -0.39 is 0 Å². The summed E-state index contributed by atoms with van der Waals surface area (Å²) >= 11 is 1.75. The highest BCUT2D eigenvalue weighted by Gasteiger charge is 1.97. The number of hydrogen-bond donors (Lipinski definition) is 0. The van der Waals surface area contributed by atoms with E-state index in [1.807, 2.05) is 12.1 Å². The quantitative estimate of drug-likeness (QED) is 0.518. The molecule has 0 aromatic rings. The van der Waals surface area contributed by atoms with Gasteiger partial charge in [0.2, 0.25) is 0 Å². The van der Waals surface area contributed by atoms with Crippen LogP contribution >= 0.6 is 11.3 Å². The average molecular weight is 133 g/mol. The standard InChI is InChI=1S/C8H5S/c1-3-7-4-2-6-9-8(7)5-1/h2-6H. The summed E-state index contributed by atoms with van der Waals surface area (Å²) in [6.45, 7) is 0. The van der Waals surface area contributed by atoms with Crippen LogP contribution in [0, 0.1) is 6.07 Å². The van der Waals surface area contributed by atoms with E-state index in [4.69, 9.17) is 0 Å². The second-order valence-corrected chi connectivity index (χ2v) is 2.84. The first kappa shape index (κ1) is 5.00. The summed E-state index contributed by atoms with van der Waals surface area (Å²) in [5.74, 6) is 0. The predicted octanol–water partition coefficient (Wildman–Crippen LogP) is 2.65. The molecule has 0 nitrogen and oxygen atoms in total. The minimum atomic E-state index is 1.29. The lowest BCUT2D eigenvalue weighted by atomic mass is 10.3. The van der Waals surface area contributed by atoms with Gasteiger partial charge in [-0.05, 0) is 29.1 Å². The molecule has 0 unspecified atom stereocenters. The highest BCUT2D eigenvalue weighted by Crippen LogP contribution is 2.25. The molecule has 1 heterocycles. The molecule has 43 valence electrons. The summed E-state index contributed by atoms with van der Waals surface area (Å²) in [5.41, 5.74) is 1.29. The first-order chi connectivity index (χ1) is 4.47. The summed E-state index contributed by atoms with van der Waals surface area (Å²) in [6, 6.07) is 11.2. The molecule has 0 N–H and O–H groups in total. The van der Waals surface area contributed by atoms with Crippen molar-refractivity contribution in [3.63, 3.8) is 0 Å². The van der Waals surface area contributed by atoms with Gasteiger partial charge in [-0.15, -0.1) is 11.3 Å².